The Balaban J connectivity index is 1.39. The van der Waals surface area contributed by atoms with Gasteiger partial charge in [-0.15, -0.1) is 5.10 Å². The van der Waals surface area contributed by atoms with Crippen molar-refractivity contribution in [1.29, 1.82) is 0 Å². The molecule has 1 atom stereocenters. The van der Waals surface area contributed by atoms with Crippen molar-refractivity contribution < 1.29 is 10.2 Å². The number of halogens is 3. The number of nitrogens with zero attached hydrogens (tertiary/aromatic N) is 6. The predicted octanol–water partition coefficient (Wildman–Crippen LogP) is 6.00. The van der Waals surface area contributed by atoms with Crippen LogP contribution in [-0.2, 0) is 6.42 Å². The minimum atomic E-state index is -1.24. The summed E-state index contributed by atoms with van der Waals surface area (Å²) in [5, 5.41) is 12.9. The third-order valence-corrected chi connectivity index (χ3v) is 6.32. The first-order chi connectivity index (χ1) is 17.9. The molecule has 36 heavy (non-hydrogen) atoms. The van der Waals surface area contributed by atoms with Crippen LogP contribution >= 0.6 is 11.6 Å². The van der Waals surface area contributed by atoms with Crippen LogP contribution in [-0.4, -0.2) is 29.9 Å². The Kier molecular flexibility index (Phi) is 5.47. The maximum atomic E-state index is 13.7. The van der Waals surface area contributed by atoms with Crippen LogP contribution in [0.3, 0.4) is 0 Å². The number of rotatable bonds is 7. The quantitative estimate of drug-likeness (QED) is 0.274. The summed E-state index contributed by atoms with van der Waals surface area (Å²) in [6.45, 7) is 0. The normalized spacial score (nSPS) is 15.5. The Labute approximate surface area is 211 Å². The van der Waals surface area contributed by atoms with E-state index in [1.165, 1.54) is 12.5 Å². The lowest BCUT2D eigenvalue weighted by Crippen LogP contribution is -2.06. The number of benzene rings is 2. The van der Waals surface area contributed by atoms with Crippen LogP contribution in [0.25, 0.3) is 10.9 Å². The molecule has 2 aromatic carbocycles. The highest BCUT2D eigenvalue weighted by atomic mass is 35.5. The van der Waals surface area contributed by atoms with Gasteiger partial charge in [0.05, 0.1) is 29.1 Å². The minimum absolute atomic E-state index is 0.247. The van der Waals surface area contributed by atoms with Crippen molar-refractivity contribution in [2.24, 2.45) is 0 Å². The standard InChI is InChI=1S/C26H20ClF2N7/c27-17-4-2-16(3-5-17)20(24-13-36(35-34-24)19-6-7-19)9-15-1-8-23-21(10-15)26(32-14-31-23)33-18-11-22(28)25(29)30-12-18/h1-5,8,10-14,19-20H,6-7,9H2,(H,31,32,33)/t20-/m1/s1/i20D. The van der Waals surface area contributed by atoms with E-state index in [2.05, 4.69) is 30.6 Å². The van der Waals surface area contributed by atoms with E-state index in [-0.39, 0.29) is 12.1 Å². The van der Waals surface area contributed by atoms with Gasteiger partial charge in [0.1, 0.15) is 12.1 Å². The zero-order valence-corrected chi connectivity index (χ0v) is 19.6. The lowest BCUT2D eigenvalue weighted by Gasteiger charge is -2.16. The van der Waals surface area contributed by atoms with Crippen molar-refractivity contribution in [3.63, 3.8) is 0 Å². The van der Waals surface area contributed by atoms with Gasteiger partial charge < -0.3 is 5.32 Å². The van der Waals surface area contributed by atoms with E-state index in [9.17, 15) is 10.2 Å². The van der Waals surface area contributed by atoms with E-state index in [1.807, 2.05) is 41.2 Å². The van der Waals surface area contributed by atoms with Crippen LogP contribution in [0.15, 0.2) is 67.3 Å². The molecular formula is C26H20ClF2N7. The molecule has 0 unspecified atom stereocenters. The molecule has 0 spiro atoms. The first-order valence-electron chi connectivity index (χ1n) is 11.9. The highest BCUT2D eigenvalue weighted by molar-refractivity contribution is 6.30. The smallest absolute Gasteiger partial charge is 0.249 e. The number of hydrogen-bond acceptors (Lipinski definition) is 6. The zero-order valence-electron chi connectivity index (χ0n) is 19.9. The molecule has 0 saturated heterocycles. The van der Waals surface area contributed by atoms with Gasteiger partial charge in [0.25, 0.3) is 0 Å². The van der Waals surface area contributed by atoms with E-state index >= 15 is 0 Å². The summed E-state index contributed by atoms with van der Waals surface area (Å²) in [7, 11) is 0. The van der Waals surface area contributed by atoms with Crippen molar-refractivity contribution in [1.82, 2.24) is 29.9 Å². The molecule has 10 heteroatoms. The number of aromatic nitrogens is 6. The Bertz CT molecular complexity index is 1610. The Morgan fingerprint density at radius 1 is 1.08 bits per heavy atom. The van der Waals surface area contributed by atoms with Gasteiger partial charge in [0.15, 0.2) is 5.82 Å². The molecule has 6 rings (SSSR count). The molecule has 0 amide bonds. The third-order valence-electron chi connectivity index (χ3n) is 6.07. The zero-order chi connectivity index (χ0) is 25.6. The molecule has 1 fully saturated rings. The Morgan fingerprint density at radius 3 is 2.69 bits per heavy atom. The summed E-state index contributed by atoms with van der Waals surface area (Å²) in [4.78, 5) is 12.0. The summed E-state index contributed by atoms with van der Waals surface area (Å²) in [6.07, 6.45) is 6.83. The average Bonchev–Trinajstić information content (AvgIpc) is 3.62. The molecule has 180 valence electrons. The van der Waals surface area contributed by atoms with E-state index in [0.29, 0.717) is 33.5 Å². The molecule has 5 aromatic rings. The highest BCUT2D eigenvalue weighted by Crippen LogP contribution is 2.36. The molecule has 1 aliphatic carbocycles. The minimum Gasteiger partial charge on any atom is -0.338 e. The second kappa shape index (κ2) is 9.23. The maximum Gasteiger partial charge on any atom is 0.249 e. The van der Waals surface area contributed by atoms with Crippen LogP contribution in [0, 0.1) is 11.8 Å². The van der Waals surface area contributed by atoms with Gasteiger partial charge in [0.2, 0.25) is 5.95 Å². The first-order valence-corrected chi connectivity index (χ1v) is 11.8. The Morgan fingerprint density at radius 2 is 1.92 bits per heavy atom. The van der Waals surface area contributed by atoms with Gasteiger partial charge in [-0.05, 0) is 54.7 Å². The van der Waals surface area contributed by atoms with Crippen molar-refractivity contribution in [2.75, 3.05) is 5.32 Å². The molecule has 1 N–H and O–H groups in total. The van der Waals surface area contributed by atoms with E-state index < -0.39 is 17.7 Å². The lowest BCUT2D eigenvalue weighted by molar-refractivity contribution is 0.480. The fraction of sp³-hybridized carbons (Fsp3) is 0.192. The van der Waals surface area contributed by atoms with E-state index in [4.69, 9.17) is 11.6 Å². The van der Waals surface area contributed by atoms with Crippen molar-refractivity contribution in [2.45, 2.75) is 31.2 Å². The number of fused-ring (bicyclic) bond motifs is 1. The lowest BCUT2D eigenvalue weighted by atomic mass is 9.89. The van der Waals surface area contributed by atoms with Gasteiger partial charge in [-0.3, -0.25) is 0 Å². The molecule has 0 radical (unpaired) electrons. The van der Waals surface area contributed by atoms with Gasteiger partial charge in [-0.1, -0.05) is 35.0 Å². The summed E-state index contributed by atoms with van der Waals surface area (Å²) in [5.41, 5.74) is 3.00. The Hall–Kier alpha value is -3.98. The molecule has 3 heterocycles. The molecule has 1 aliphatic rings. The number of pyridine rings is 1. The van der Waals surface area contributed by atoms with Crippen LogP contribution in [0.4, 0.5) is 20.3 Å². The number of hydrogen-bond donors (Lipinski definition) is 1. The molecule has 7 nitrogen and oxygen atoms in total. The summed E-state index contributed by atoms with van der Waals surface area (Å²) in [5.74, 6) is -3.07. The summed E-state index contributed by atoms with van der Waals surface area (Å²) < 4.78 is 38.4. The summed E-state index contributed by atoms with van der Waals surface area (Å²) in [6, 6.07) is 14.2. The topological polar surface area (TPSA) is 81.4 Å². The van der Waals surface area contributed by atoms with Gasteiger partial charge in [-0.2, -0.15) is 4.39 Å². The van der Waals surface area contributed by atoms with Crippen LogP contribution in [0.1, 0.15) is 43.0 Å². The monoisotopic (exact) mass is 504 g/mol. The predicted molar refractivity (Wildman–Crippen MR) is 132 cm³/mol. The van der Waals surface area contributed by atoms with Crippen LogP contribution in [0.5, 0.6) is 0 Å². The van der Waals surface area contributed by atoms with Crippen molar-refractivity contribution in [3.8, 4) is 0 Å². The molecule has 1 saturated carbocycles. The largest absolute Gasteiger partial charge is 0.338 e. The van der Waals surface area contributed by atoms with E-state index in [1.54, 1.807) is 12.1 Å². The van der Waals surface area contributed by atoms with Gasteiger partial charge in [-0.25, -0.2) is 24.0 Å². The molecule has 0 bridgehead atoms. The second-order valence-electron chi connectivity index (χ2n) is 8.67. The fourth-order valence-corrected chi connectivity index (χ4v) is 4.19. The number of nitrogens with one attached hydrogen (secondary N) is 1. The average molecular weight is 505 g/mol. The molecular weight excluding hydrogens is 484 g/mol. The van der Waals surface area contributed by atoms with Gasteiger partial charge in [0, 0.05) is 29.9 Å². The van der Waals surface area contributed by atoms with Crippen molar-refractivity contribution >= 4 is 34.0 Å². The first kappa shape index (κ1) is 21.3. The molecule has 3 aromatic heterocycles. The number of anilines is 2. The summed E-state index contributed by atoms with van der Waals surface area (Å²) >= 11 is 6.13. The second-order valence-corrected chi connectivity index (χ2v) is 9.11. The molecule has 0 aliphatic heterocycles. The fourth-order valence-electron chi connectivity index (χ4n) is 4.07. The van der Waals surface area contributed by atoms with Crippen LogP contribution < -0.4 is 5.32 Å². The van der Waals surface area contributed by atoms with Crippen LogP contribution in [0.2, 0.25) is 5.02 Å². The maximum absolute atomic E-state index is 13.7. The third kappa shape index (κ3) is 4.61. The highest BCUT2D eigenvalue weighted by Gasteiger charge is 2.27. The SMILES string of the molecule is [2H][C@@](Cc1ccc2ncnc(Nc3cnc(F)c(F)c3)c2c1)(c1ccc(Cl)cc1)c1cn(C2CC2)nn1. The van der Waals surface area contributed by atoms with Crippen molar-refractivity contribution in [3.05, 3.63) is 101 Å². The van der Waals surface area contributed by atoms with E-state index in [0.717, 1.165) is 30.0 Å². The van der Waals surface area contributed by atoms with Gasteiger partial charge >= 0.3 is 0 Å².